The average Bonchev–Trinajstić information content (AvgIpc) is 2.80. The van der Waals surface area contributed by atoms with Crippen LogP contribution < -0.4 is 10.6 Å². The van der Waals surface area contributed by atoms with E-state index in [4.69, 9.17) is 11.6 Å². The van der Waals surface area contributed by atoms with Crippen molar-refractivity contribution in [3.05, 3.63) is 93.0 Å². The molecule has 3 rings (SSSR count). The predicted octanol–water partition coefficient (Wildman–Crippen LogP) is 6.32. The van der Waals surface area contributed by atoms with Gasteiger partial charge >= 0.3 is 0 Å². The zero-order valence-corrected chi connectivity index (χ0v) is 19.6. The zero-order chi connectivity index (χ0) is 24.0. The number of aryl methyl sites for hydroxylation is 1. The smallest absolute Gasteiger partial charge is 0.269 e. The number of carbonyl (C=O) groups excluding carboxylic acids is 2. The average molecular weight is 484 g/mol. The minimum Gasteiger partial charge on any atom is -0.325 e. The number of thioether (sulfide) groups is 1. The summed E-state index contributed by atoms with van der Waals surface area (Å²) in [5.74, 6) is -0.518. The normalized spacial score (nSPS) is 11.5. The van der Waals surface area contributed by atoms with Crippen molar-refractivity contribution in [1.29, 1.82) is 0 Å². The number of nitro benzene ring substituents is 1. The molecule has 2 amide bonds. The zero-order valence-electron chi connectivity index (χ0n) is 18.0. The number of halogens is 1. The van der Waals surface area contributed by atoms with E-state index < -0.39 is 4.92 Å². The number of nitrogens with one attached hydrogen (secondary N) is 2. The molecule has 0 aliphatic carbocycles. The van der Waals surface area contributed by atoms with Gasteiger partial charge in [0.25, 0.3) is 11.6 Å². The van der Waals surface area contributed by atoms with Crippen LogP contribution in [0.1, 0.15) is 29.3 Å². The van der Waals surface area contributed by atoms with Crippen molar-refractivity contribution in [3.8, 4) is 0 Å². The fraction of sp³-hybridized carbons (Fsp3) is 0.167. The van der Waals surface area contributed by atoms with Gasteiger partial charge in [-0.3, -0.25) is 19.7 Å². The minimum atomic E-state index is -0.518. The molecule has 0 saturated heterocycles. The van der Waals surface area contributed by atoms with Gasteiger partial charge in [0.05, 0.1) is 10.2 Å². The summed E-state index contributed by atoms with van der Waals surface area (Å²) < 4.78 is 0. The Labute approximate surface area is 200 Å². The Hall–Kier alpha value is -3.36. The van der Waals surface area contributed by atoms with Gasteiger partial charge in [-0.2, -0.15) is 0 Å². The lowest BCUT2D eigenvalue weighted by Gasteiger charge is -2.16. The van der Waals surface area contributed by atoms with E-state index in [1.54, 1.807) is 24.3 Å². The van der Waals surface area contributed by atoms with E-state index >= 15 is 0 Å². The maximum Gasteiger partial charge on any atom is 0.269 e. The number of rotatable bonds is 8. The number of non-ortho nitro benzene ring substituents is 1. The lowest BCUT2D eigenvalue weighted by Crippen LogP contribution is -2.24. The molecule has 0 radical (unpaired) electrons. The Balaban J connectivity index is 1.66. The van der Waals surface area contributed by atoms with Gasteiger partial charge < -0.3 is 10.6 Å². The molecular weight excluding hydrogens is 462 g/mol. The van der Waals surface area contributed by atoms with Gasteiger partial charge in [-0.25, -0.2) is 0 Å². The molecule has 0 spiro atoms. The minimum absolute atomic E-state index is 0.0817. The summed E-state index contributed by atoms with van der Waals surface area (Å²) in [6, 6.07) is 17.9. The van der Waals surface area contributed by atoms with Crippen LogP contribution in [-0.4, -0.2) is 22.0 Å². The molecule has 0 fully saturated rings. The number of hydrogen-bond donors (Lipinski definition) is 2. The number of benzene rings is 3. The molecule has 0 bridgehead atoms. The lowest BCUT2D eigenvalue weighted by atomic mass is 10.2. The molecule has 3 aromatic rings. The maximum absolute atomic E-state index is 12.8. The van der Waals surface area contributed by atoms with Gasteiger partial charge in [-0.1, -0.05) is 30.7 Å². The van der Waals surface area contributed by atoms with E-state index in [2.05, 4.69) is 10.6 Å². The molecule has 33 heavy (non-hydrogen) atoms. The van der Waals surface area contributed by atoms with Crippen molar-refractivity contribution in [2.24, 2.45) is 0 Å². The summed E-state index contributed by atoms with van der Waals surface area (Å²) in [5.41, 5.74) is 2.36. The van der Waals surface area contributed by atoms with Crippen LogP contribution in [0.3, 0.4) is 0 Å². The molecule has 0 saturated carbocycles. The summed E-state index contributed by atoms with van der Waals surface area (Å²) in [6.45, 7) is 3.83. The summed E-state index contributed by atoms with van der Waals surface area (Å²) >= 11 is 7.54. The first-order valence-corrected chi connectivity index (χ1v) is 11.4. The molecule has 0 aliphatic rings. The fourth-order valence-electron chi connectivity index (χ4n) is 2.96. The van der Waals surface area contributed by atoms with Gasteiger partial charge in [-0.05, 0) is 61.4 Å². The number of anilines is 2. The second-order valence-electron chi connectivity index (χ2n) is 7.25. The number of amides is 2. The van der Waals surface area contributed by atoms with Crippen LogP contribution in [0.15, 0.2) is 71.6 Å². The van der Waals surface area contributed by atoms with Gasteiger partial charge in [0, 0.05) is 39.0 Å². The highest BCUT2D eigenvalue weighted by molar-refractivity contribution is 8.00. The molecule has 170 valence electrons. The van der Waals surface area contributed by atoms with Crippen LogP contribution in [0.2, 0.25) is 5.02 Å². The van der Waals surface area contributed by atoms with Crippen molar-refractivity contribution in [1.82, 2.24) is 0 Å². The van der Waals surface area contributed by atoms with Crippen molar-refractivity contribution < 1.29 is 14.5 Å². The van der Waals surface area contributed by atoms with Crippen molar-refractivity contribution in [2.45, 2.75) is 30.4 Å². The van der Waals surface area contributed by atoms with Crippen LogP contribution in [0.4, 0.5) is 17.1 Å². The van der Waals surface area contributed by atoms with Crippen molar-refractivity contribution in [3.63, 3.8) is 0 Å². The molecule has 1 atom stereocenters. The second kappa shape index (κ2) is 11.0. The Morgan fingerprint density at radius 2 is 1.73 bits per heavy atom. The Morgan fingerprint density at radius 1 is 1.03 bits per heavy atom. The van der Waals surface area contributed by atoms with Gasteiger partial charge in [0.1, 0.15) is 0 Å². The highest BCUT2D eigenvalue weighted by Crippen LogP contribution is 2.29. The summed E-state index contributed by atoms with van der Waals surface area (Å²) in [7, 11) is 0. The third-order valence-corrected chi connectivity index (χ3v) is 6.58. The number of nitrogens with zero attached hydrogens (tertiary/aromatic N) is 1. The van der Waals surface area contributed by atoms with Gasteiger partial charge in [0.15, 0.2) is 0 Å². The van der Waals surface area contributed by atoms with Crippen LogP contribution in [-0.2, 0) is 4.79 Å². The molecule has 2 N–H and O–H groups in total. The summed E-state index contributed by atoms with van der Waals surface area (Å²) in [4.78, 5) is 36.3. The number of hydrogen-bond acceptors (Lipinski definition) is 5. The Bertz CT molecular complexity index is 1180. The first-order chi connectivity index (χ1) is 15.8. The number of nitro groups is 1. The fourth-order valence-corrected chi connectivity index (χ4v) is 4.16. The largest absolute Gasteiger partial charge is 0.325 e. The first kappa shape index (κ1) is 24.3. The highest BCUT2D eigenvalue weighted by atomic mass is 35.5. The maximum atomic E-state index is 12.8. The van der Waals surface area contributed by atoms with Crippen LogP contribution in [0, 0.1) is 17.0 Å². The molecular formula is C24H22ClN3O4S. The third kappa shape index (κ3) is 6.57. The lowest BCUT2D eigenvalue weighted by molar-refractivity contribution is -0.384. The molecule has 9 heteroatoms. The van der Waals surface area contributed by atoms with Gasteiger partial charge in [0.2, 0.25) is 5.91 Å². The summed E-state index contributed by atoms with van der Waals surface area (Å²) in [6.07, 6.45) is 0.607. The molecule has 7 nitrogen and oxygen atoms in total. The van der Waals surface area contributed by atoms with Crippen LogP contribution in [0.25, 0.3) is 0 Å². The van der Waals surface area contributed by atoms with Crippen LogP contribution >= 0.6 is 23.4 Å². The van der Waals surface area contributed by atoms with Crippen molar-refractivity contribution >= 4 is 52.2 Å². The van der Waals surface area contributed by atoms with E-state index in [9.17, 15) is 19.7 Å². The Kier molecular flexibility index (Phi) is 8.08. The van der Waals surface area contributed by atoms with E-state index in [0.29, 0.717) is 28.4 Å². The molecule has 0 aliphatic heterocycles. The predicted molar refractivity (Wildman–Crippen MR) is 132 cm³/mol. The highest BCUT2D eigenvalue weighted by Gasteiger charge is 2.19. The third-order valence-electron chi connectivity index (χ3n) is 4.81. The van der Waals surface area contributed by atoms with Crippen LogP contribution in [0.5, 0.6) is 0 Å². The number of carbonyl (C=O) groups is 2. The van der Waals surface area contributed by atoms with Crippen molar-refractivity contribution in [2.75, 3.05) is 10.6 Å². The Morgan fingerprint density at radius 3 is 2.36 bits per heavy atom. The SMILES string of the molecule is CCC(Sc1cccc(NC(=O)c2ccc([N+](=O)[O-])cc2)c1)C(=O)Nc1ccc(C)c(Cl)c1. The molecule has 1 unspecified atom stereocenters. The second-order valence-corrected chi connectivity index (χ2v) is 8.94. The molecule has 0 aromatic heterocycles. The van der Waals surface area contributed by atoms with E-state index in [1.165, 1.54) is 36.0 Å². The van der Waals surface area contributed by atoms with E-state index in [1.807, 2.05) is 32.0 Å². The first-order valence-electron chi connectivity index (χ1n) is 10.2. The monoisotopic (exact) mass is 483 g/mol. The quantitative estimate of drug-likeness (QED) is 0.222. The van der Waals surface area contributed by atoms with Gasteiger partial charge in [-0.15, -0.1) is 11.8 Å². The molecule has 3 aromatic carbocycles. The standard InChI is InChI=1S/C24H22ClN3O4S/c1-3-22(24(30)27-18-10-7-15(2)21(25)14-18)33-20-6-4-5-17(13-20)26-23(29)16-8-11-19(12-9-16)28(31)32/h4-14,22H,3H2,1-2H3,(H,26,29)(H,27,30). The summed E-state index contributed by atoms with van der Waals surface area (Å²) in [5, 5.41) is 16.7. The van der Waals surface area contributed by atoms with E-state index in [-0.39, 0.29) is 22.8 Å². The molecule has 0 heterocycles. The topological polar surface area (TPSA) is 101 Å². The van der Waals surface area contributed by atoms with E-state index in [0.717, 1.165) is 10.5 Å².